The van der Waals surface area contributed by atoms with Gasteiger partial charge in [0.2, 0.25) is 5.91 Å². The Hall–Kier alpha value is -3.11. The second-order valence-electron chi connectivity index (χ2n) is 7.48. The highest BCUT2D eigenvalue weighted by Crippen LogP contribution is 2.67. The van der Waals surface area contributed by atoms with Gasteiger partial charge in [0, 0.05) is 16.6 Å². The third-order valence-corrected chi connectivity index (χ3v) is 6.22. The summed E-state index contributed by atoms with van der Waals surface area (Å²) < 4.78 is 4.83. The van der Waals surface area contributed by atoms with Gasteiger partial charge in [-0.05, 0) is 53.9 Å². The van der Waals surface area contributed by atoms with E-state index in [1.54, 1.807) is 23.1 Å². The van der Waals surface area contributed by atoms with Gasteiger partial charge >= 0.3 is 5.97 Å². The van der Waals surface area contributed by atoms with Crippen LogP contribution in [-0.2, 0) is 14.9 Å². The van der Waals surface area contributed by atoms with Gasteiger partial charge in [-0.25, -0.2) is 4.79 Å². The summed E-state index contributed by atoms with van der Waals surface area (Å²) >= 11 is 6.04. The Kier molecular flexibility index (Phi) is 4.00. The molecule has 2 aliphatic rings. The molecular weight excluding hydrogens is 386 g/mol. The number of anilines is 2. The number of benzene rings is 3. The number of ether oxygens (including phenoxy) is 1. The SMILES string of the molecule is COC(=O)c1cccc(N2C(=O)[C@]3(C[C@@H]3c3ccc(Cl)cc3)c3ccccc32)c1. The molecule has 0 radical (unpaired) electrons. The molecule has 0 aromatic heterocycles. The highest BCUT2D eigenvalue weighted by Gasteiger charge is 2.67. The van der Waals surface area contributed by atoms with E-state index in [1.165, 1.54) is 7.11 Å². The highest BCUT2D eigenvalue weighted by atomic mass is 35.5. The maximum Gasteiger partial charge on any atom is 0.337 e. The minimum Gasteiger partial charge on any atom is -0.465 e. The molecule has 2 atom stereocenters. The number of nitrogens with zero attached hydrogens (tertiary/aromatic N) is 1. The molecule has 144 valence electrons. The molecule has 5 heteroatoms. The van der Waals surface area contributed by atoms with E-state index in [0.717, 1.165) is 23.2 Å². The number of halogens is 1. The molecule has 29 heavy (non-hydrogen) atoms. The summed E-state index contributed by atoms with van der Waals surface area (Å²) in [6, 6.07) is 22.6. The zero-order valence-corrected chi connectivity index (χ0v) is 16.5. The third-order valence-electron chi connectivity index (χ3n) is 5.97. The Balaban J connectivity index is 1.59. The van der Waals surface area contributed by atoms with Crippen LogP contribution in [0.3, 0.4) is 0 Å². The second-order valence-corrected chi connectivity index (χ2v) is 7.92. The Bertz CT molecular complexity index is 1140. The van der Waals surface area contributed by atoms with E-state index in [9.17, 15) is 9.59 Å². The summed E-state index contributed by atoms with van der Waals surface area (Å²) in [5.74, 6) is -0.269. The van der Waals surface area contributed by atoms with E-state index >= 15 is 0 Å². The van der Waals surface area contributed by atoms with Crippen LogP contribution in [0.15, 0.2) is 72.8 Å². The number of esters is 1. The van der Waals surface area contributed by atoms with Crippen LogP contribution in [-0.4, -0.2) is 19.0 Å². The molecule has 3 aromatic rings. The molecule has 1 aliphatic heterocycles. The zero-order chi connectivity index (χ0) is 20.2. The van der Waals surface area contributed by atoms with Crippen LogP contribution in [0, 0.1) is 0 Å². The molecule has 1 spiro atoms. The van der Waals surface area contributed by atoms with Gasteiger partial charge < -0.3 is 4.74 Å². The molecule has 0 saturated heterocycles. The Morgan fingerprint density at radius 3 is 2.59 bits per heavy atom. The summed E-state index contributed by atoms with van der Waals surface area (Å²) in [7, 11) is 1.35. The van der Waals surface area contributed by atoms with Gasteiger partial charge in [-0.15, -0.1) is 0 Å². The molecule has 0 unspecified atom stereocenters. The van der Waals surface area contributed by atoms with E-state index in [2.05, 4.69) is 0 Å². The lowest BCUT2D eigenvalue weighted by Gasteiger charge is -2.19. The van der Waals surface area contributed by atoms with Crippen LogP contribution in [0.5, 0.6) is 0 Å². The van der Waals surface area contributed by atoms with Crippen molar-refractivity contribution in [3.63, 3.8) is 0 Å². The molecule has 5 rings (SSSR count). The Morgan fingerprint density at radius 1 is 1.07 bits per heavy atom. The lowest BCUT2D eigenvalue weighted by Crippen LogP contribution is -2.29. The molecule has 3 aromatic carbocycles. The van der Waals surface area contributed by atoms with Gasteiger partial charge in [-0.3, -0.25) is 9.69 Å². The second kappa shape index (κ2) is 6.46. The van der Waals surface area contributed by atoms with Crippen molar-refractivity contribution in [2.24, 2.45) is 0 Å². The van der Waals surface area contributed by atoms with E-state index in [4.69, 9.17) is 16.3 Å². The van der Waals surface area contributed by atoms with E-state index in [-0.39, 0.29) is 11.8 Å². The molecule has 1 saturated carbocycles. The van der Waals surface area contributed by atoms with Crippen molar-refractivity contribution >= 4 is 34.9 Å². The first-order chi connectivity index (χ1) is 14.1. The summed E-state index contributed by atoms with van der Waals surface area (Å²) in [6.45, 7) is 0. The number of rotatable bonds is 3. The van der Waals surface area contributed by atoms with Crippen LogP contribution in [0.2, 0.25) is 5.02 Å². The molecule has 4 nitrogen and oxygen atoms in total. The number of carbonyl (C=O) groups is 2. The van der Waals surface area contributed by atoms with Gasteiger partial charge in [0.05, 0.1) is 23.8 Å². The van der Waals surface area contributed by atoms with E-state index in [1.807, 2.05) is 54.6 Å². The van der Waals surface area contributed by atoms with Crippen LogP contribution in [0.4, 0.5) is 11.4 Å². The van der Waals surface area contributed by atoms with Gasteiger partial charge in [-0.2, -0.15) is 0 Å². The van der Waals surface area contributed by atoms with Crippen LogP contribution in [0.1, 0.15) is 33.8 Å². The first kappa shape index (κ1) is 18.0. The molecule has 1 heterocycles. The fourth-order valence-corrected chi connectivity index (χ4v) is 4.64. The molecule has 1 aliphatic carbocycles. The molecular formula is C24H18ClNO3. The van der Waals surface area contributed by atoms with Gasteiger partial charge in [0.1, 0.15) is 0 Å². The largest absolute Gasteiger partial charge is 0.465 e. The number of amides is 1. The lowest BCUT2D eigenvalue weighted by molar-refractivity contribution is -0.119. The standard InChI is InChI=1S/C24H18ClNO3/c1-29-22(27)16-5-4-6-18(13-16)26-21-8-3-2-7-19(21)24(23(26)28)14-20(24)15-9-11-17(25)12-10-15/h2-13,20H,14H2,1H3/t20-,24-/m1/s1. The summed E-state index contributed by atoms with van der Waals surface area (Å²) in [6.07, 6.45) is 0.762. The van der Waals surface area contributed by atoms with E-state index in [0.29, 0.717) is 16.3 Å². The van der Waals surface area contributed by atoms with Gasteiger partial charge in [0.15, 0.2) is 0 Å². The zero-order valence-electron chi connectivity index (χ0n) is 15.8. The van der Waals surface area contributed by atoms with Crippen LogP contribution >= 0.6 is 11.6 Å². The predicted octanol–water partition coefficient (Wildman–Crippen LogP) is 5.23. The average molecular weight is 404 g/mol. The van der Waals surface area contributed by atoms with Crippen molar-refractivity contribution < 1.29 is 14.3 Å². The number of fused-ring (bicyclic) bond motifs is 2. The summed E-state index contributed by atoms with van der Waals surface area (Å²) in [5.41, 5.74) is 3.54. The van der Waals surface area contributed by atoms with Crippen LogP contribution < -0.4 is 4.90 Å². The maximum absolute atomic E-state index is 13.7. The normalized spacial score (nSPS) is 21.9. The van der Waals surface area contributed by atoms with Crippen molar-refractivity contribution in [1.29, 1.82) is 0 Å². The van der Waals surface area contributed by atoms with Crippen molar-refractivity contribution in [1.82, 2.24) is 0 Å². The monoisotopic (exact) mass is 403 g/mol. The van der Waals surface area contributed by atoms with Crippen LogP contribution in [0.25, 0.3) is 0 Å². The van der Waals surface area contributed by atoms with Crippen molar-refractivity contribution in [3.8, 4) is 0 Å². The molecule has 0 bridgehead atoms. The first-order valence-electron chi connectivity index (χ1n) is 9.44. The van der Waals surface area contributed by atoms with Crippen molar-refractivity contribution in [3.05, 3.63) is 94.5 Å². The average Bonchev–Trinajstić information content (AvgIpc) is 3.45. The fraction of sp³-hybridized carbons (Fsp3) is 0.167. The lowest BCUT2D eigenvalue weighted by atomic mass is 9.92. The minimum absolute atomic E-state index is 0.0423. The maximum atomic E-state index is 13.7. The van der Waals surface area contributed by atoms with Gasteiger partial charge in [-0.1, -0.05) is 48.0 Å². The number of methoxy groups -OCH3 is 1. The van der Waals surface area contributed by atoms with E-state index < -0.39 is 11.4 Å². The van der Waals surface area contributed by atoms with Crippen molar-refractivity contribution in [2.45, 2.75) is 17.8 Å². The molecule has 1 fully saturated rings. The van der Waals surface area contributed by atoms with Gasteiger partial charge in [0.25, 0.3) is 0 Å². The summed E-state index contributed by atoms with van der Waals surface area (Å²) in [5, 5.41) is 0.683. The Labute approximate surface area is 173 Å². The number of para-hydroxylation sites is 1. The number of carbonyl (C=O) groups excluding carboxylic acids is 2. The van der Waals surface area contributed by atoms with Crippen molar-refractivity contribution in [2.75, 3.05) is 12.0 Å². The highest BCUT2D eigenvalue weighted by molar-refractivity contribution is 6.30. The minimum atomic E-state index is -0.564. The Morgan fingerprint density at radius 2 is 1.83 bits per heavy atom. The number of hydrogen-bond acceptors (Lipinski definition) is 3. The fourth-order valence-electron chi connectivity index (χ4n) is 4.51. The predicted molar refractivity (Wildman–Crippen MR) is 112 cm³/mol. The smallest absolute Gasteiger partial charge is 0.337 e. The first-order valence-corrected chi connectivity index (χ1v) is 9.82. The molecule has 0 N–H and O–H groups in total. The molecule has 1 amide bonds. The number of hydrogen-bond donors (Lipinski definition) is 0. The quantitative estimate of drug-likeness (QED) is 0.562. The summed E-state index contributed by atoms with van der Waals surface area (Å²) in [4.78, 5) is 27.4. The topological polar surface area (TPSA) is 46.6 Å². The third kappa shape index (κ3) is 2.60.